The van der Waals surface area contributed by atoms with Crippen molar-refractivity contribution in [2.75, 3.05) is 6.61 Å². The van der Waals surface area contributed by atoms with E-state index in [0.29, 0.717) is 31.1 Å². The summed E-state index contributed by atoms with van der Waals surface area (Å²) in [4.78, 5) is 8.88. The summed E-state index contributed by atoms with van der Waals surface area (Å²) in [5, 5.41) is 11.2. The van der Waals surface area contributed by atoms with Crippen molar-refractivity contribution in [3.05, 3.63) is 35.8 Å². The number of rotatable bonds is 5. The zero-order valence-corrected chi connectivity index (χ0v) is 17.3. The van der Waals surface area contributed by atoms with E-state index in [0.717, 1.165) is 16.4 Å². The van der Waals surface area contributed by atoms with Crippen molar-refractivity contribution in [2.45, 2.75) is 39.5 Å². The van der Waals surface area contributed by atoms with Gasteiger partial charge in [0.2, 0.25) is 0 Å². The Morgan fingerprint density at radius 3 is 2.62 bits per heavy atom. The van der Waals surface area contributed by atoms with Crippen molar-refractivity contribution in [1.29, 1.82) is 0 Å². The van der Waals surface area contributed by atoms with E-state index in [-0.39, 0.29) is 28.2 Å². The number of hydrogen-bond acceptors (Lipinski definition) is 4. The Labute approximate surface area is 156 Å². The number of benzene rings is 1. The van der Waals surface area contributed by atoms with E-state index in [1.807, 2.05) is 35.8 Å². The van der Waals surface area contributed by atoms with Gasteiger partial charge in [0.15, 0.2) is 0 Å². The molecule has 0 aliphatic heterocycles. The summed E-state index contributed by atoms with van der Waals surface area (Å²) in [5.41, 5.74) is 9.40. The SMILES string of the molecule is CCOCc1nc2c([NH-])nc3ccccc3c2n1CC(C)(C)O.[Ta]. The summed E-state index contributed by atoms with van der Waals surface area (Å²) in [6.45, 7) is 6.74. The van der Waals surface area contributed by atoms with Crippen LogP contribution in [0.15, 0.2) is 24.3 Å². The molecule has 0 aliphatic rings. The largest absolute Gasteiger partial charge is 0.480 e. The van der Waals surface area contributed by atoms with Gasteiger partial charge in [0.25, 0.3) is 0 Å². The van der Waals surface area contributed by atoms with Crippen LogP contribution in [0.3, 0.4) is 0 Å². The molecule has 0 spiro atoms. The van der Waals surface area contributed by atoms with Crippen LogP contribution in [0.4, 0.5) is 5.82 Å². The summed E-state index contributed by atoms with van der Waals surface area (Å²) in [6, 6.07) is 7.70. The molecular formula is C17H21N4O2Ta-. The predicted octanol–water partition coefficient (Wildman–Crippen LogP) is 3.57. The van der Waals surface area contributed by atoms with Crippen molar-refractivity contribution < 1.29 is 32.2 Å². The molecule has 0 amide bonds. The summed E-state index contributed by atoms with van der Waals surface area (Å²) < 4.78 is 7.46. The first-order chi connectivity index (χ1) is 10.9. The first-order valence-corrected chi connectivity index (χ1v) is 7.70. The first kappa shape index (κ1) is 18.9. The fourth-order valence-electron chi connectivity index (χ4n) is 2.74. The number of pyridine rings is 1. The van der Waals surface area contributed by atoms with Gasteiger partial charge < -0.3 is 25.1 Å². The Kier molecular flexibility index (Phi) is 5.67. The molecule has 0 atom stereocenters. The molecule has 0 unspecified atom stereocenters. The summed E-state index contributed by atoms with van der Waals surface area (Å²) in [6.07, 6.45) is 0. The molecule has 24 heavy (non-hydrogen) atoms. The van der Waals surface area contributed by atoms with Gasteiger partial charge in [0, 0.05) is 34.4 Å². The van der Waals surface area contributed by atoms with Gasteiger partial charge in [-0.2, -0.15) is 0 Å². The number of para-hydroxylation sites is 1. The van der Waals surface area contributed by atoms with Gasteiger partial charge in [-0.1, -0.05) is 24.3 Å². The second-order valence-corrected chi connectivity index (χ2v) is 6.24. The zero-order chi connectivity index (χ0) is 16.6. The van der Waals surface area contributed by atoms with Crippen molar-refractivity contribution in [1.82, 2.24) is 14.5 Å². The van der Waals surface area contributed by atoms with Crippen molar-refractivity contribution in [3.8, 4) is 0 Å². The van der Waals surface area contributed by atoms with E-state index in [1.54, 1.807) is 13.8 Å². The fourth-order valence-corrected chi connectivity index (χ4v) is 2.74. The third-order valence-electron chi connectivity index (χ3n) is 3.64. The zero-order valence-electron chi connectivity index (χ0n) is 14.1. The van der Waals surface area contributed by atoms with Gasteiger partial charge in [-0.05, 0) is 32.1 Å². The monoisotopic (exact) mass is 494 g/mol. The van der Waals surface area contributed by atoms with Crippen LogP contribution in [0.5, 0.6) is 0 Å². The number of ether oxygens (including phenoxy) is 1. The molecule has 3 rings (SSSR count). The molecular weight excluding hydrogens is 473 g/mol. The molecule has 7 heteroatoms. The van der Waals surface area contributed by atoms with Gasteiger partial charge in [-0.25, -0.2) is 4.98 Å². The smallest absolute Gasteiger partial charge is 0.136 e. The number of hydrogen-bond donors (Lipinski definition) is 1. The molecule has 2 heterocycles. The molecule has 0 saturated carbocycles. The van der Waals surface area contributed by atoms with Crippen LogP contribution in [0, 0.1) is 0 Å². The van der Waals surface area contributed by atoms with Gasteiger partial charge in [0.1, 0.15) is 12.4 Å². The number of nitrogens with one attached hydrogen (secondary N) is 1. The van der Waals surface area contributed by atoms with Crippen LogP contribution in [-0.2, 0) is 40.3 Å². The number of nitrogens with zero attached hydrogens (tertiary/aromatic N) is 3. The summed E-state index contributed by atoms with van der Waals surface area (Å²) in [5.74, 6) is 0.849. The second kappa shape index (κ2) is 7.21. The molecule has 1 aromatic carbocycles. The summed E-state index contributed by atoms with van der Waals surface area (Å²) in [7, 11) is 0. The molecule has 127 valence electrons. The number of fused-ring (bicyclic) bond motifs is 3. The Morgan fingerprint density at radius 2 is 1.96 bits per heavy atom. The van der Waals surface area contributed by atoms with Gasteiger partial charge in [0.05, 0.1) is 23.2 Å². The first-order valence-electron chi connectivity index (χ1n) is 7.70. The van der Waals surface area contributed by atoms with Gasteiger partial charge in [-0.15, -0.1) is 0 Å². The van der Waals surface area contributed by atoms with Gasteiger partial charge in [-0.3, -0.25) is 0 Å². The van der Waals surface area contributed by atoms with Crippen molar-refractivity contribution in [3.63, 3.8) is 0 Å². The molecule has 3 aromatic rings. The predicted molar refractivity (Wildman–Crippen MR) is 90.6 cm³/mol. The quantitative estimate of drug-likeness (QED) is 0.588. The van der Waals surface area contributed by atoms with Crippen molar-refractivity contribution in [2.24, 2.45) is 0 Å². The van der Waals surface area contributed by atoms with Crippen LogP contribution in [0.2, 0.25) is 0 Å². The minimum Gasteiger partial charge on any atom is -0.480 e. The average molecular weight is 494 g/mol. The summed E-state index contributed by atoms with van der Waals surface area (Å²) >= 11 is 0. The number of aromatic nitrogens is 3. The molecule has 0 bridgehead atoms. The Morgan fingerprint density at radius 1 is 1.25 bits per heavy atom. The minimum atomic E-state index is -0.902. The van der Waals surface area contributed by atoms with Crippen LogP contribution >= 0.6 is 0 Å². The maximum Gasteiger partial charge on any atom is 0.136 e. The topological polar surface area (TPSA) is 84.0 Å². The average Bonchev–Trinajstić information content (AvgIpc) is 2.83. The normalized spacial score (nSPS) is 11.8. The number of aliphatic hydroxyl groups is 1. The third-order valence-corrected chi connectivity index (χ3v) is 3.64. The Bertz CT molecular complexity index is 855. The van der Waals surface area contributed by atoms with E-state index < -0.39 is 5.60 Å². The van der Waals surface area contributed by atoms with E-state index in [9.17, 15) is 5.11 Å². The van der Waals surface area contributed by atoms with E-state index in [1.165, 1.54) is 0 Å². The van der Waals surface area contributed by atoms with Crippen LogP contribution in [0.25, 0.3) is 27.7 Å². The third kappa shape index (κ3) is 3.63. The van der Waals surface area contributed by atoms with Crippen LogP contribution in [0.1, 0.15) is 26.6 Å². The Hall–Kier alpha value is -1.44. The van der Waals surface area contributed by atoms with E-state index in [2.05, 4.69) is 9.97 Å². The molecule has 0 aliphatic carbocycles. The Balaban J connectivity index is 0.00000208. The minimum absolute atomic E-state index is 0. The van der Waals surface area contributed by atoms with E-state index in [4.69, 9.17) is 10.5 Å². The fraction of sp³-hybridized carbons (Fsp3) is 0.412. The molecule has 1 radical (unpaired) electrons. The van der Waals surface area contributed by atoms with E-state index >= 15 is 0 Å². The maximum atomic E-state index is 10.3. The second-order valence-electron chi connectivity index (χ2n) is 6.24. The molecule has 0 saturated heterocycles. The molecule has 2 N–H and O–H groups in total. The van der Waals surface area contributed by atoms with Crippen molar-refractivity contribution >= 4 is 27.8 Å². The number of imidazole rings is 1. The van der Waals surface area contributed by atoms with Crippen LogP contribution < -0.4 is 0 Å². The molecule has 6 nitrogen and oxygen atoms in total. The van der Waals surface area contributed by atoms with Gasteiger partial charge >= 0.3 is 0 Å². The standard InChI is InChI=1S/C17H21N4O2.Ta/c1-4-23-9-13-20-14-15(21(13)10-17(2,3)22)11-7-5-6-8-12(11)19-16(14)18;/h5-8,22H,4,9-10H2,1-3H3,(H-,18,19);/q-1;. The maximum absolute atomic E-state index is 10.3. The van der Waals surface area contributed by atoms with Crippen LogP contribution in [-0.4, -0.2) is 31.8 Å². The molecule has 2 aromatic heterocycles. The molecule has 0 fully saturated rings.